The van der Waals surface area contributed by atoms with Gasteiger partial charge in [-0.25, -0.2) is 14.1 Å². The molecule has 29 heavy (non-hydrogen) atoms. The zero-order chi connectivity index (χ0) is 21.0. The van der Waals surface area contributed by atoms with E-state index in [0.29, 0.717) is 11.0 Å². The Kier molecular flexibility index (Phi) is 5.86. The summed E-state index contributed by atoms with van der Waals surface area (Å²) in [7, 11) is 0. The van der Waals surface area contributed by atoms with Gasteiger partial charge in [-0.1, -0.05) is 30.3 Å². The van der Waals surface area contributed by atoms with Gasteiger partial charge in [0.2, 0.25) is 0 Å². The first-order valence-electron chi connectivity index (χ1n) is 8.59. The van der Waals surface area contributed by atoms with Crippen LogP contribution >= 0.6 is 0 Å². The number of imide groups is 1. The molecule has 1 fully saturated rings. The molecular formula is C20H16F4N2O3. The number of nitrogens with one attached hydrogen (secondary N) is 1. The van der Waals surface area contributed by atoms with E-state index in [4.69, 9.17) is 4.74 Å². The molecule has 0 aromatic heterocycles. The summed E-state index contributed by atoms with van der Waals surface area (Å²) >= 11 is 0. The van der Waals surface area contributed by atoms with Crippen molar-refractivity contribution in [3.05, 3.63) is 77.8 Å². The second-order valence-electron chi connectivity index (χ2n) is 6.32. The van der Waals surface area contributed by atoms with Crippen molar-refractivity contribution in [3.63, 3.8) is 0 Å². The predicted octanol–water partition coefficient (Wildman–Crippen LogP) is 4.27. The minimum atomic E-state index is -4.90. The maximum absolute atomic E-state index is 13.4. The normalized spacial score (nSPS) is 17.2. The summed E-state index contributed by atoms with van der Waals surface area (Å²) in [6, 6.07) is 12.3. The number of carbonyl (C=O) groups is 2. The highest BCUT2D eigenvalue weighted by Crippen LogP contribution is 2.28. The van der Waals surface area contributed by atoms with Gasteiger partial charge < -0.3 is 10.1 Å². The van der Waals surface area contributed by atoms with Crippen LogP contribution < -0.4 is 5.32 Å². The summed E-state index contributed by atoms with van der Waals surface area (Å²) in [6.45, 7) is -0.111. The lowest BCUT2D eigenvalue weighted by atomic mass is 10.1. The van der Waals surface area contributed by atoms with E-state index in [-0.39, 0.29) is 18.7 Å². The van der Waals surface area contributed by atoms with E-state index in [1.165, 1.54) is 0 Å². The average molecular weight is 408 g/mol. The van der Waals surface area contributed by atoms with Gasteiger partial charge in [0.15, 0.2) is 0 Å². The Labute approximate surface area is 163 Å². The Morgan fingerprint density at radius 2 is 1.79 bits per heavy atom. The van der Waals surface area contributed by atoms with Crippen LogP contribution in [0.1, 0.15) is 5.56 Å². The van der Waals surface area contributed by atoms with Crippen LogP contribution in [0.25, 0.3) is 0 Å². The first-order valence-corrected chi connectivity index (χ1v) is 8.59. The van der Waals surface area contributed by atoms with Crippen molar-refractivity contribution in [3.8, 4) is 0 Å². The fourth-order valence-electron chi connectivity index (χ4n) is 2.84. The highest BCUT2D eigenvalue weighted by atomic mass is 19.4. The van der Waals surface area contributed by atoms with Gasteiger partial charge in [0.05, 0.1) is 6.04 Å². The average Bonchev–Trinajstić information content (AvgIpc) is 3.03. The number of alkyl halides is 3. The van der Waals surface area contributed by atoms with Gasteiger partial charge in [-0.2, -0.15) is 13.2 Å². The molecule has 1 atom stereocenters. The largest absolute Gasteiger partial charge is 0.447 e. The minimum Gasteiger partial charge on any atom is -0.447 e. The maximum atomic E-state index is 13.4. The summed E-state index contributed by atoms with van der Waals surface area (Å²) in [5.41, 5.74) is -0.641. The van der Waals surface area contributed by atoms with Crippen LogP contribution in [0.3, 0.4) is 0 Å². The smallest absolute Gasteiger partial charge is 0.431 e. The van der Waals surface area contributed by atoms with E-state index in [1.807, 2.05) is 5.32 Å². The minimum absolute atomic E-state index is 0.0624. The van der Waals surface area contributed by atoms with Crippen molar-refractivity contribution in [2.75, 3.05) is 11.9 Å². The van der Waals surface area contributed by atoms with Crippen molar-refractivity contribution in [2.45, 2.75) is 18.6 Å². The van der Waals surface area contributed by atoms with E-state index in [1.54, 1.807) is 30.3 Å². The fourth-order valence-corrected chi connectivity index (χ4v) is 2.84. The zero-order valence-corrected chi connectivity index (χ0v) is 14.9. The molecule has 0 radical (unpaired) electrons. The number of carbonyl (C=O) groups excluding carboxylic acids is 2. The molecular weight excluding hydrogens is 392 g/mol. The number of anilines is 1. The van der Waals surface area contributed by atoms with E-state index in [9.17, 15) is 27.2 Å². The Balaban J connectivity index is 1.82. The van der Waals surface area contributed by atoms with Gasteiger partial charge >= 0.3 is 12.3 Å². The molecule has 0 spiro atoms. The second kappa shape index (κ2) is 8.34. The molecule has 2 amide bonds. The van der Waals surface area contributed by atoms with E-state index < -0.39 is 35.7 Å². The summed E-state index contributed by atoms with van der Waals surface area (Å²) < 4.78 is 58.0. The van der Waals surface area contributed by atoms with Crippen molar-refractivity contribution < 1.29 is 31.9 Å². The van der Waals surface area contributed by atoms with Gasteiger partial charge in [0.1, 0.15) is 18.1 Å². The first kappa shape index (κ1) is 20.4. The van der Waals surface area contributed by atoms with Gasteiger partial charge in [0, 0.05) is 11.8 Å². The lowest BCUT2D eigenvalue weighted by Gasteiger charge is -2.20. The summed E-state index contributed by atoms with van der Waals surface area (Å²) in [5.74, 6) is -1.77. The molecule has 9 heteroatoms. The standard InChI is InChI=1S/C20H16F4N2O3/c21-14-6-8-15(9-7-14)25-17(20(22,23)24)11-18(27)26-16(12-29-19(26)28)10-13-4-2-1-3-5-13/h1-9,11,16,25H,10,12H2/b17-11-/t16-/m0/s1. The molecule has 5 nitrogen and oxygen atoms in total. The number of benzene rings is 2. The number of hydrogen-bond donors (Lipinski definition) is 1. The number of ether oxygens (including phenoxy) is 1. The number of amides is 2. The Hall–Kier alpha value is -3.36. The number of nitrogens with zero attached hydrogens (tertiary/aromatic N) is 1. The second-order valence-corrected chi connectivity index (χ2v) is 6.32. The van der Waals surface area contributed by atoms with Crippen LogP contribution in [0.5, 0.6) is 0 Å². The van der Waals surface area contributed by atoms with Gasteiger partial charge in [-0.15, -0.1) is 0 Å². The number of cyclic esters (lactones) is 1. The molecule has 0 bridgehead atoms. The third-order valence-corrected chi connectivity index (χ3v) is 4.21. The Morgan fingerprint density at radius 1 is 1.14 bits per heavy atom. The number of allylic oxidation sites excluding steroid dienone is 1. The molecule has 2 aromatic rings. The number of halogens is 4. The highest BCUT2D eigenvalue weighted by Gasteiger charge is 2.40. The van der Waals surface area contributed by atoms with Crippen molar-refractivity contribution >= 4 is 17.7 Å². The van der Waals surface area contributed by atoms with E-state index >= 15 is 0 Å². The molecule has 3 rings (SSSR count). The Bertz CT molecular complexity index is 912. The maximum Gasteiger partial charge on any atom is 0.431 e. The van der Waals surface area contributed by atoms with Crippen molar-refractivity contribution in [1.29, 1.82) is 0 Å². The molecule has 1 aliphatic rings. The lowest BCUT2D eigenvalue weighted by Crippen LogP contribution is -2.40. The molecule has 0 unspecified atom stereocenters. The van der Waals surface area contributed by atoms with Crippen LogP contribution in [-0.2, 0) is 16.0 Å². The lowest BCUT2D eigenvalue weighted by molar-refractivity contribution is -0.125. The van der Waals surface area contributed by atoms with Crippen molar-refractivity contribution in [1.82, 2.24) is 4.90 Å². The zero-order valence-electron chi connectivity index (χ0n) is 14.9. The molecule has 2 aromatic carbocycles. The third-order valence-electron chi connectivity index (χ3n) is 4.21. The Morgan fingerprint density at radius 3 is 2.41 bits per heavy atom. The summed E-state index contributed by atoms with van der Waals surface area (Å²) in [4.78, 5) is 25.1. The van der Waals surface area contributed by atoms with Crippen LogP contribution in [0.4, 0.5) is 28.0 Å². The van der Waals surface area contributed by atoms with Crippen LogP contribution in [0.15, 0.2) is 66.4 Å². The first-order chi connectivity index (χ1) is 13.7. The molecule has 1 saturated heterocycles. The van der Waals surface area contributed by atoms with Crippen LogP contribution in [-0.4, -0.2) is 35.7 Å². The number of hydrogen-bond acceptors (Lipinski definition) is 4. The molecule has 0 aliphatic carbocycles. The molecule has 1 aliphatic heterocycles. The molecule has 0 saturated carbocycles. The van der Waals surface area contributed by atoms with Crippen LogP contribution in [0, 0.1) is 5.82 Å². The highest BCUT2D eigenvalue weighted by molar-refractivity contribution is 6.00. The van der Waals surface area contributed by atoms with Crippen molar-refractivity contribution in [2.24, 2.45) is 0 Å². The van der Waals surface area contributed by atoms with E-state index in [0.717, 1.165) is 29.8 Å². The SMILES string of the molecule is O=C(/C=C(\Nc1ccc(F)cc1)C(F)(F)F)N1C(=O)OC[C@@H]1Cc1ccccc1. The molecule has 1 N–H and O–H groups in total. The summed E-state index contributed by atoms with van der Waals surface area (Å²) in [6.07, 6.45) is -5.36. The third kappa shape index (κ3) is 5.13. The molecule has 152 valence electrons. The quantitative estimate of drug-likeness (QED) is 0.593. The summed E-state index contributed by atoms with van der Waals surface area (Å²) in [5, 5.41) is 2.05. The predicted molar refractivity (Wildman–Crippen MR) is 96.3 cm³/mol. The monoisotopic (exact) mass is 408 g/mol. The topological polar surface area (TPSA) is 58.6 Å². The number of rotatable bonds is 5. The fraction of sp³-hybridized carbons (Fsp3) is 0.200. The molecule has 1 heterocycles. The van der Waals surface area contributed by atoms with Gasteiger partial charge in [-0.05, 0) is 36.2 Å². The van der Waals surface area contributed by atoms with Gasteiger partial charge in [0.25, 0.3) is 5.91 Å². The van der Waals surface area contributed by atoms with Gasteiger partial charge in [-0.3, -0.25) is 4.79 Å². The van der Waals surface area contributed by atoms with Crippen LogP contribution in [0.2, 0.25) is 0 Å². The van der Waals surface area contributed by atoms with E-state index in [2.05, 4.69) is 0 Å².